The molecule has 1 atom stereocenters. The number of nitrogens with one attached hydrogen (secondary N) is 3. The van der Waals surface area contributed by atoms with Crippen LogP contribution < -0.4 is 21.1 Å². The molecule has 3 N–H and O–H groups in total. The van der Waals surface area contributed by atoms with Crippen molar-refractivity contribution in [2.24, 2.45) is 0 Å². The number of aliphatic carboxylic acids is 1. The molecule has 0 aliphatic heterocycles. The maximum Gasteiger partial charge on any atom is 0.337 e. The quantitative estimate of drug-likeness (QED) is 0.425. The molecule has 2 amide bonds. The number of rotatable bonds is 7. The second kappa shape index (κ2) is 8.13. The second-order valence-corrected chi connectivity index (χ2v) is 5.35. The molecule has 1 unspecified atom stereocenters. The minimum atomic E-state index is -2.36. The summed E-state index contributed by atoms with van der Waals surface area (Å²) in [6.07, 6.45) is -0.392. The predicted molar refractivity (Wildman–Crippen MR) is 87.6 cm³/mol. The highest BCUT2D eigenvalue weighted by atomic mass is 16.5. The van der Waals surface area contributed by atoms with Crippen molar-refractivity contribution in [3.63, 3.8) is 0 Å². The molecule has 9 heteroatoms. The molecule has 0 aliphatic rings. The van der Waals surface area contributed by atoms with Crippen molar-refractivity contribution in [2.45, 2.75) is 25.8 Å². The number of hydrogen-bond acceptors (Lipinski definition) is 7. The molecule has 0 aromatic heterocycles. The summed E-state index contributed by atoms with van der Waals surface area (Å²) >= 11 is 0. The van der Waals surface area contributed by atoms with Crippen molar-refractivity contribution >= 4 is 35.1 Å². The van der Waals surface area contributed by atoms with Gasteiger partial charge < -0.3 is 30.6 Å². The fourth-order valence-corrected chi connectivity index (χ4v) is 2.36. The van der Waals surface area contributed by atoms with Gasteiger partial charge in [0.15, 0.2) is 5.54 Å². The van der Waals surface area contributed by atoms with Crippen LogP contribution in [0.25, 0.3) is 0 Å². The molecule has 1 aromatic rings. The maximum atomic E-state index is 12.1. The van der Waals surface area contributed by atoms with Crippen LogP contribution in [-0.4, -0.2) is 43.4 Å². The summed E-state index contributed by atoms with van der Waals surface area (Å²) in [7, 11) is 2.63. The van der Waals surface area contributed by atoms with Crippen LogP contribution in [0.4, 0.5) is 11.4 Å². The lowest BCUT2D eigenvalue weighted by atomic mass is 9.90. The first-order valence-corrected chi connectivity index (χ1v) is 7.33. The van der Waals surface area contributed by atoms with Gasteiger partial charge in [-0.3, -0.25) is 9.59 Å². The van der Waals surface area contributed by atoms with Crippen LogP contribution in [0.2, 0.25) is 0 Å². The van der Waals surface area contributed by atoms with Gasteiger partial charge in [0, 0.05) is 27.3 Å². The topological polar surface area (TPSA) is 137 Å². The molecular formula is C16H20N3O6-. The lowest BCUT2D eigenvalue weighted by Crippen LogP contribution is -2.66. The van der Waals surface area contributed by atoms with E-state index in [4.69, 9.17) is 0 Å². The number of carbonyl (C=O) groups excluding carboxylic acids is 4. The molecule has 25 heavy (non-hydrogen) atoms. The minimum absolute atomic E-state index is 0.277. The number of hydrogen-bond donors (Lipinski definition) is 3. The number of anilines is 2. The average molecular weight is 350 g/mol. The number of amides is 2. The first kappa shape index (κ1) is 19.9. The van der Waals surface area contributed by atoms with E-state index in [1.165, 1.54) is 13.0 Å². The number of carboxylic acids is 1. The van der Waals surface area contributed by atoms with Gasteiger partial charge in [-0.05, 0) is 17.7 Å². The Morgan fingerprint density at radius 1 is 1.12 bits per heavy atom. The Morgan fingerprint density at radius 2 is 1.76 bits per heavy atom. The van der Waals surface area contributed by atoms with Gasteiger partial charge in [-0.1, -0.05) is 6.07 Å². The number of esters is 1. The molecule has 0 spiro atoms. The highest BCUT2D eigenvalue weighted by Crippen LogP contribution is 2.25. The highest BCUT2D eigenvalue weighted by molar-refractivity contribution is 6.06. The number of carboxylic acid groups (broad SMARTS) is 1. The molecule has 0 radical (unpaired) electrons. The van der Waals surface area contributed by atoms with Gasteiger partial charge in [0.1, 0.15) is 0 Å². The van der Waals surface area contributed by atoms with Crippen molar-refractivity contribution < 1.29 is 29.0 Å². The molecule has 0 fully saturated rings. The van der Waals surface area contributed by atoms with E-state index in [1.54, 1.807) is 19.2 Å². The van der Waals surface area contributed by atoms with Gasteiger partial charge in [-0.2, -0.15) is 0 Å². The zero-order valence-corrected chi connectivity index (χ0v) is 14.4. The van der Waals surface area contributed by atoms with E-state index in [-0.39, 0.29) is 5.91 Å². The summed E-state index contributed by atoms with van der Waals surface area (Å²) in [5.74, 6) is -3.94. The minimum Gasteiger partial charge on any atom is -0.547 e. The van der Waals surface area contributed by atoms with E-state index < -0.39 is 29.8 Å². The van der Waals surface area contributed by atoms with Gasteiger partial charge in [-0.15, -0.1) is 0 Å². The summed E-state index contributed by atoms with van der Waals surface area (Å²) in [4.78, 5) is 46.3. The Labute approximate surface area is 144 Å². The van der Waals surface area contributed by atoms with E-state index in [0.717, 1.165) is 14.0 Å². The highest BCUT2D eigenvalue weighted by Gasteiger charge is 2.42. The molecule has 0 saturated heterocycles. The third-order valence-corrected chi connectivity index (χ3v) is 3.41. The summed E-state index contributed by atoms with van der Waals surface area (Å²) < 4.78 is 4.54. The normalized spacial score (nSPS) is 12.5. The summed E-state index contributed by atoms with van der Waals surface area (Å²) in [6.45, 7) is 2.43. The molecule has 1 rings (SSSR count). The summed E-state index contributed by atoms with van der Waals surface area (Å²) in [5, 5.41) is 19.2. The number of benzene rings is 1. The Bertz CT molecular complexity index is 703. The fourth-order valence-electron chi connectivity index (χ4n) is 2.36. The number of methoxy groups -OCH3 is 1. The van der Waals surface area contributed by atoms with E-state index in [9.17, 15) is 24.3 Å². The summed E-state index contributed by atoms with van der Waals surface area (Å²) in [5.41, 5.74) is -0.967. The molecule has 1 aromatic carbocycles. The van der Waals surface area contributed by atoms with Crippen molar-refractivity contribution in [1.82, 2.24) is 5.32 Å². The Kier molecular flexibility index (Phi) is 6.49. The molecule has 0 aliphatic carbocycles. The maximum absolute atomic E-state index is 12.1. The molecule has 0 bridgehead atoms. The predicted octanol–water partition coefficient (Wildman–Crippen LogP) is -0.973. The van der Waals surface area contributed by atoms with E-state index in [0.29, 0.717) is 16.9 Å². The number of ether oxygens (including phenoxy) is 1. The number of carbonyl (C=O) groups is 4. The van der Waals surface area contributed by atoms with Gasteiger partial charge in [0.2, 0.25) is 11.8 Å². The Hall–Kier alpha value is -3.10. The average Bonchev–Trinajstić information content (AvgIpc) is 2.53. The van der Waals surface area contributed by atoms with Gasteiger partial charge in [-0.25, -0.2) is 4.79 Å². The Balaban J connectivity index is 3.32. The lowest BCUT2D eigenvalue weighted by molar-refractivity contribution is -0.313. The largest absolute Gasteiger partial charge is 0.547 e. The third kappa shape index (κ3) is 4.69. The molecular weight excluding hydrogens is 330 g/mol. The van der Waals surface area contributed by atoms with Crippen LogP contribution in [0, 0.1) is 0 Å². The zero-order chi connectivity index (χ0) is 19.2. The van der Waals surface area contributed by atoms with Crippen molar-refractivity contribution in [2.75, 3.05) is 24.8 Å². The van der Waals surface area contributed by atoms with Gasteiger partial charge in [0.05, 0.1) is 24.5 Å². The van der Waals surface area contributed by atoms with Gasteiger partial charge >= 0.3 is 5.97 Å². The lowest BCUT2D eigenvalue weighted by Gasteiger charge is -2.32. The van der Waals surface area contributed by atoms with E-state index in [2.05, 4.69) is 20.7 Å². The molecule has 0 saturated carbocycles. The van der Waals surface area contributed by atoms with Crippen LogP contribution in [0.3, 0.4) is 0 Å². The van der Waals surface area contributed by atoms with Crippen LogP contribution >= 0.6 is 0 Å². The van der Waals surface area contributed by atoms with Crippen LogP contribution in [-0.2, 0) is 30.3 Å². The Morgan fingerprint density at radius 3 is 2.20 bits per heavy atom. The zero-order valence-electron chi connectivity index (χ0n) is 14.4. The summed E-state index contributed by atoms with van der Waals surface area (Å²) in [6, 6.07) is 4.62. The van der Waals surface area contributed by atoms with Crippen LogP contribution in [0.1, 0.15) is 19.4 Å². The van der Waals surface area contributed by atoms with Crippen molar-refractivity contribution in [3.8, 4) is 0 Å². The van der Waals surface area contributed by atoms with Crippen LogP contribution in [0.15, 0.2) is 18.2 Å². The van der Waals surface area contributed by atoms with Crippen molar-refractivity contribution in [1.29, 1.82) is 0 Å². The fraction of sp³-hybridized carbons (Fsp3) is 0.375. The standard InChI is InChI=1S/C16H21N3O6/c1-9(20)18-12-6-5-11(7-13(12)17-3)8-16(14(22)23,15(24)25-4)19-10(2)21/h5-7,17H,8H2,1-4H3,(H,18,20)(H,19,21)(H,22,23)/p-1. The first-order valence-electron chi connectivity index (χ1n) is 7.33. The van der Waals surface area contributed by atoms with E-state index in [1.807, 2.05) is 0 Å². The van der Waals surface area contributed by atoms with Gasteiger partial charge in [0.25, 0.3) is 0 Å². The SMILES string of the molecule is CNc1cc(CC(NC(C)=O)(C(=O)[O-])C(=O)OC)ccc1NC(C)=O. The van der Waals surface area contributed by atoms with Crippen molar-refractivity contribution in [3.05, 3.63) is 23.8 Å². The molecule has 0 heterocycles. The molecule has 136 valence electrons. The monoisotopic (exact) mass is 350 g/mol. The smallest absolute Gasteiger partial charge is 0.337 e. The second-order valence-electron chi connectivity index (χ2n) is 5.35. The van der Waals surface area contributed by atoms with Crippen LogP contribution in [0.5, 0.6) is 0 Å². The van der Waals surface area contributed by atoms with E-state index >= 15 is 0 Å². The first-order chi connectivity index (χ1) is 11.7. The molecule has 9 nitrogen and oxygen atoms in total. The third-order valence-electron chi connectivity index (χ3n) is 3.41.